The van der Waals surface area contributed by atoms with Crippen LogP contribution in [0.25, 0.3) is 17.2 Å². The fraction of sp³-hybridized carbons (Fsp3) is 0.391. The van der Waals surface area contributed by atoms with Crippen molar-refractivity contribution in [3.63, 3.8) is 0 Å². The first-order chi connectivity index (χ1) is 14.3. The van der Waals surface area contributed by atoms with Gasteiger partial charge in [-0.3, -0.25) is 9.78 Å². The number of hydrogen-bond acceptors (Lipinski definition) is 5. The van der Waals surface area contributed by atoms with Crippen LogP contribution >= 0.6 is 0 Å². The number of carbonyl (C=O) groups is 1. The zero-order chi connectivity index (χ0) is 21.5. The van der Waals surface area contributed by atoms with Crippen molar-refractivity contribution in [1.82, 2.24) is 9.97 Å². The molecular weight excluding hydrogens is 388 g/mol. The summed E-state index contributed by atoms with van der Waals surface area (Å²) in [5.41, 5.74) is 2.35. The molecule has 1 saturated carbocycles. The van der Waals surface area contributed by atoms with Gasteiger partial charge >= 0.3 is 5.97 Å². The van der Waals surface area contributed by atoms with Crippen molar-refractivity contribution in [3.05, 3.63) is 54.1 Å². The standard InChI is InChI=1S/C23H21F2N3O2/c1-13-17(21-14(2)30-22(29)19(21)10-23(13,24)25)8-7-16-6-5-15(12-28-16)18-4-3-9-27-20(18)11-26/h3-9,12-14,17,19,21H,10H2,1-2H3/b8-7+/t13-,14+,17-,19+,21-/m0/s1. The molecule has 0 bridgehead atoms. The molecule has 0 radical (unpaired) electrons. The van der Waals surface area contributed by atoms with E-state index in [1.54, 1.807) is 49.7 Å². The van der Waals surface area contributed by atoms with Crippen LogP contribution in [0, 0.1) is 35.0 Å². The maximum absolute atomic E-state index is 14.5. The van der Waals surface area contributed by atoms with Gasteiger partial charge in [0, 0.05) is 41.8 Å². The van der Waals surface area contributed by atoms with E-state index < -0.39 is 36.1 Å². The number of rotatable bonds is 3. The number of halogens is 2. The molecule has 30 heavy (non-hydrogen) atoms. The fourth-order valence-corrected chi connectivity index (χ4v) is 4.62. The van der Waals surface area contributed by atoms with Crippen molar-refractivity contribution in [2.24, 2.45) is 23.7 Å². The molecule has 5 atom stereocenters. The van der Waals surface area contributed by atoms with Crippen molar-refractivity contribution in [2.75, 3.05) is 0 Å². The Morgan fingerprint density at radius 2 is 2.07 bits per heavy atom. The van der Waals surface area contributed by atoms with Gasteiger partial charge in [-0.05, 0) is 37.1 Å². The van der Waals surface area contributed by atoms with Gasteiger partial charge in [0.1, 0.15) is 17.9 Å². The summed E-state index contributed by atoms with van der Waals surface area (Å²) in [6.45, 7) is 3.30. The third-order valence-corrected chi connectivity index (χ3v) is 6.29. The van der Waals surface area contributed by atoms with Gasteiger partial charge in [0.15, 0.2) is 0 Å². The predicted molar refractivity (Wildman–Crippen MR) is 106 cm³/mol. The summed E-state index contributed by atoms with van der Waals surface area (Å²) < 4.78 is 34.3. The molecule has 2 aromatic heterocycles. The molecule has 1 aliphatic carbocycles. The van der Waals surface area contributed by atoms with Gasteiger partial charge in [-0.2, -0.15) is 5.26 Å². The maximum Gasteiger partial charge on any atom is 0.309 e. The van der Waals surface area contributed by atoms with Crippen molar-refractivity contribution in [1.29, 1.82) is 5.26 Å². The Hall–Kier alpha value is -3.14. The number of fused-ring (bicyclic) bond motifs is 1. The summed E-state index contributed by atoms with van der Waals surface area (Å²) in [6.07, 6.45) is 5.80. The van der Waals surface area contributed by atoms with E-state index in [1.807, 2.05) is 6.07 Å². The number of ether oxygens (including phenoxy) is 1. The minimum atomic E-state index is -2.93. The van der Waals surface area contributed by atoms with Crippen LogP contribution < -0.4 is 0 Å². The smallest absolute Gasteiger partial charge is 0.309 e. The first-order valence-corrected chi connectivity index (χ1v) is 9.90. The Kier molecular flexibility index (Phi) is 5.10. The van der Waals surface area contributed by atoms with Crippen LogP contribution in [0.15, 0.2) is 42.7 Å². The Morgan fingerprint density at radius 3 is 2.77 bits per heavy atom. The number of carbonyl (C=O) groups excluding carboxylic acids is 1. The number of esters is 1. The quantitative estimate of drug-likeness (QED) is 0.698. The zero-order valence-corrected chi connectivity index (χ0v) is 16.6. The summed E-state index contributed by atoms with van der Waals surface area (Å²) in [6, 6.07) is 9.18. The average Bonchev–Trinajstić information content (AvgIpc) is 3.01. The first kappa shape index (κ1) is 20.1. The van der Waals surface area contributed by atoms with Crippen molar-refractivity contribution in [3.8, 4) is 17.2 Å². The Balaban J connectivity index is 1.59. The van der Waals surface area contributed by atoms with Crippen LogP contribution in [0.4, 0.5) is 8.78 Å². The molecule has 3 heterocycles. The highest BCUT2D eigenvalue weighted by atomic mass is 19.3. The van der Waals surface area contributed by atoms with Crippen LogP contribution in [0.3, 0.4) is 0 Å². The highest BCUT2D eigenvalue weighted by molar-refractivity contribution is 5.76. The molecule has 4 rings (SSSR count). The van der Waals surface area contributed by atoms with Crippen LogP contribution in [0.5, 0.6) is 0 Å². The number of aromatic nitrogens is 2. The van der Waals surface area contributed by atoms with Crippen LogP contribution in [0.1, 0.15) is 31.7 Å². The van der Waals surface area contributed by atoms with E-state index in [-0.39, 0.29) is 12.0 Å². The largest absolute Gasteiger partial charge is 0.462 e. The van der Waals surface area contributed by atoms with E-state index >= 15 is 0 Å². The van der Waals surface area contributed by atoms with Crippen molar-refractivity contribution >= 4 is 12.0 Å². The molecule has 0 N–H and O–H groups in total. The SMILES string of the molecule is C[C@H]1OC(=O)[C@@H]2CC(F)(F)[C@@H](C)[C@H](/C=C/c3ccc(-c4cccnc4C#N)cn3)[C@H]12. The maximum atomic E-state index is 14.5. The van der Waals surface area contributed by atoms with Gasteiger partial charge in [-0.15, -0.1) is 0 Å². The average molecular weight is 409 g/mol. The van der Waals surface area contributed by atoms with E-state index in [2.05, 4.69) is 16.0 Å². The van der Waals surface area contributed by atoms with Crippen molar-refractivity contribution in [2.45, 2.75) is 32.3 Å². The summed E-state index contributed by atoms with van der Waals surface area (Å²) in [4.78, 5) is 20.5. The highest BCUT2D eigenvalue weighted by Crippen LogP contribution is 2.52. The summed E-state index contributed by atoms with van der Waals surface area (Å²) >= 11 is 0. The Bertz CT molecular complexity index is 1030. The van der Waals surface area contributed by atoms with E-state index in [0.29, 0.717) is 17.0 Å². The molecule has 1 saturated heterocycles. The number of nitriles is 1. The number of hydrogen-bond donors (Lipinski definition) is 0. The molecule has 0 spiro atoms. The van der Waals surface area contributed by atoms with Gasteiger partial charge in [0.2, 0.25) is 0 Å². The molecule has 0 aromatic carbocycles. The molecule has 5 nitrogen and oxygen atoms in total. The number of nitrogens with zero attached hydrogens (tertiary/aromatic N) is 3. The number of alkyl halides is 2. The Morgan fingerprint density at radius 1 is 1.27 bits per heavy atom. The van der Waals surface area contributed by atoms with E-state index in [1.165, 1.54) is 6.92 Å². The molecule has 7 heteroatoms. The second-order valence-electron chi connectivity index (χ2n) is 8.00. The van der Waals surface area contributed by atoms with Gasteiger partial charge in [0.05, 0.1) is 11.6 Å². The molecule has 0 amide bonds. The van der Waals surface area contributed by atoms with Crippen molar-refractivity contribution < 1.29 is 18.3 Å². The highest BCUT2D eigenvalue weighted by Gasteiger charge is 2.59. The van der Waals surface area contributed by atoms with Crippen LogP contribution in [0.2, 0.25) is 0 Å². The molecule has 2 aliphatic rings. The van der Waals surface area contributed by atoms with E-state index in [4.69, 9.17) is 4.74 Å². The lowest BCUT2D eigenvalue weighted by atomic mass is 9.64. The normalized spacial score (nSPS) is 30.0. The van der Waals surface area contributed by atoms with Gasteiger partial charge < -0.3 is 4.74 Å². The number of allylic oxidation sites excluding steroid dienone is 1. The minimum Gasteiger partial charge on any atom is -0.462 e. The number of cyclic esters (lactones) is 1. The minimum absolute atomic E-state index is 0.267. The van der Waals surface area contributed by atoms with Gasteiger partial charge in [0.25, 0.3) is 5.92 Å². The fourth-order valence-electron chi connectivity index (χ4n) is 4.62. The molecular formula is C23H21F2N3O2. The topological polar surface area (TPSA) is 75.9 Å². The summed E-state index contributed by atoms with van der Waals surface area (Å²) in [7, 11) is 0. The summed E-state index contributed by atoms with van der Waals surface area (Å²) in [5, 5.41) is 9.21. The molecule has 154 valence electrons. The molecule has 0 unspecified atom stereocenters. The summed E-state index contributed by atoms with van der Waals surface area (Å²) in [5.74, 6) is -5.89. The third kappa shape index (κ3) is 3.47. The van der Waals surface area contributed by atoms with E-state index in [9.17, 15) is 18.8 Å². The lowest BCUT2D eigenvalue weighted by Gasteiger charge is -2.41. The molecule has 1 aliphatic heterocycles. The van der Waals surface area contributed by atoms with Crippen LogP contribution in [-0.4, -0.2) is 28.0 Å². The van der Waals surface area contributed by atoms with E-state index in [0.717, 1.165) is 5.56 Å². The van der Waals surface area contributed by atoms with Crippen LogP contribution in [-0.2, 0) is 9.53 Å². The Labute approximate surface area is 173 Å². The lowest BCUT2D eigenvalue weighted by Crippen LogP contribution is -2.46. The zero-order valence-electron chi connectivity index (χ0n) is 16.6. The first-order valence-electron chi connectivity index (χ1n) is 9.90. The van der Waals surface area contributed by atoms with Gasteiger partial charge in [-0.1, -0.05) is 19.1 Å². The second-order valence-corrected chi connectivity index (χ2v) is 8.00. The molecule has 2 fully saturated rings. The third-order valence-electron chi connectivity index (χ3n) is 6.29. The molecule has 2 aromatic rings. The number of pyridine rings is 2. The lowest BCUT2D eigenvalue weighted by molar-refractivity contribution is -0.152. The monoisotopic (exact) mass is 409 g/mol. The van der Waals surface area contributed by atoms with Gasteiger partial charge in [-0.25, -0.2) is 13.8 Å². The second kappa shape index (κ2) is 7.60. The predicted octanol–water partition coefficient (Wildman–Crippen LogP) is 4.50.